The third kappa shape index (κ3) is 1.56. The lowest BCUT2D eigenvalue weighted by molar-refractivity contribution is -0.139. The van der Waals surface area contributed by atoms with Gasteiger partial charge in [-0.1, -0.05) is 6.07 Å². The van der Waals surface area contributed by atoms with Crippen LogP contribution in [0.2, 0.25) is 0 Å². The zero-order valence-corrected chi connectivity index (χ0v) is 7.66. The molecule has 14 heavy (non-hydrogen) atoms. The number of nitrogen functional groups attached to an aromatic ring is 1. The lowest BCUT2D eigenvalue weighted by atomic mass is 9.95. The van der Waals surface area contributed by atoms with Gasteiger partial charge < -0.3 is 16.2 Å². The number of nitrogens with one attached hydrogen (secondary N) is 1. The fourth-order valence-corrected chi connectivity index (χ4v) is 1.71. The first-order chi connectivity index (χ1) is 6.66. The topological polar surface area (TPSA) is 75.4 Å². The number of anilines is 1. The molecule has 0 radical (unpaired) electrons. The third-order valence-corrected chi connectivity index (χ3v) is 2.49. The van der Waals surface area contributed by atoms with Crippen molar-refractivity contribution in [2.45, 2.75) is 19.0 Å². The number of fused-ring (bicyclic) bond motifs is 1. The van der Waals surface area contributed by atoms with E-state index >= 15 is 0 Å². The molecule has 0 bridgehead atoms. The smallest absolute Gasteiger partial charge is 0.321 e. The first-order valence-corrected chi connectivity index (χ1v) is 4.50. The summed E-state index contributed by atoms with van der Waals surface area (Å²) in [6.07, 6.45) is 0.510. The molecular formula is C10H12N2O2. The summed E-state index contributed by atoms with van der Waals surface area (Å²) in [5.41, 5.74) is 8.50. The van der Waals surface area contributed by atoms with Crippen molar-refractivity contribution < 1.29 is 9.90 Å². The first-order valence-electron chi connectivity index (χ1n) is 4.50. The normalized spacial score (nSPS) is 20.1. The van der Waals surface area contributed by atoms with Crippen LogP contribution >= 0.6 is 0 Å². The van der Waals surface area contributed by atoms with Gasteiger partial charge in [0.1, 0.15) is 6.04 Å². The lowest BCUT2D eigenvalue weighted by Gasteiger charge is -2.23. The number of carbonyl (C=O) groups is 1. The molecule has 0 fully saturated rings. The van der Waals surface area contributed by atoms with Crippen LogP contribution in [0, 0.1) is 0 Å². The molecular weight excluding hydrogens is 180 g/mol. The number of aliphatic carboxylic acids is 1. The molecule has 0 aromatic heterocycles. The molecule has 0 amide bonds. The highest BCUT2D eigenvalue weighted by molar-refractivity contribution is 5.74. The molecule has 1 heterocycles. The van der Waals surface area contributed by atoms with Crippen molar-refractivity contribution >= 4 is 11.7 Å². The Hall–Kier alpha value is -1.55. The number of hydrogen-bond acceptors (Lipinski definition) is 3. The average molecular weight is 192 g/mol. The van der Waals surface area contributed by atoms with Gasteiger partial charge in [-0.25, -0.2) is 0 Å². The van der Waals surface area contributed by atoms with E-state index in [9.17, 15) is 4.79 Å². The van der Waals surface area contributed by atoms with Gasteiger partial charge in [0.05, 0.1) is 0 Å². The standard InChI is InChI=1S/C10H12N2O2/c11-8-2-1-6-5-12-9(10(13)14)4-7(6)3-8/h1-3,9,12H,4-5,11H2,(H,13,14)/t9-/m0/s1. The minimum absolute atomic E-state index is 0.482. The molecule has 4 nitrogen and oxygen atoms in total. The number of nitrogens with two attached hydrogens (primary N) is 1. The SMILES string of the molecule is Nc1ccc2c(c1)C[C@@H](C(=O)O)NC2. The molecule has 74 valence electrons. The van der Waals surface area contributed by atoms with Gasteiger partial charge in [0, 0.05) is 12.2 Å². The van der Waals surface area contributed by atoms with Gasteiger partial charge in [0.25, 0.3) is 0 Å². The molecule has 4 N–H and O–H groups in total. The second-order valence-electron chi connectivity index (χ2n) is 3.50. The van der Waals surface area contributed by atoms with Gasteiger partial charge in [-0.05, 0) is 29.7 Å². The van der Waals surface area contributed by atoms with E-state index in [0.717, 1.165) is 11.1 Å². The molecule has 1 aromatic rings. The minimum atomic E-state index is -0.807. The maximum absolute atomic E-state index is 10.8. The predicted molar refractivity (Wildman–Crippen MR) is 52.8 cm³/mol. The van der Waals surface area contributed by atoms with Crippen molar-refractivity contribution in [3.05, 3.63) is 29.3 Å². The highest BCUT2D eigenvalue weighted by Crippen LogP contribution is 2.19. The Morgan fingerprint density at radius 2 is 2.29 bits per heavy atom. The van der Waals surface area contributed by atoms with Crippen LogP contribution in [0.5, 0.6) is 0 Å². The Morgan fingerprint density at radius 1 is 1.50 bits per heavy atom. The van der Waals surface area contributed by atoms with E-state index in [1.807, 2.05) is 18.2 Å². The van der Waals surface area contributed by atoms with Crippen LogP contribution in [0.15, 0.2) is 18.2 Å². The van der Waals surface area contributed by atoms with Gasteiger partial charge in [-0.15, -0.1) is 0 Å². The molecule has 1 atom stereocenters. The van der Waals surface area contributed by atoms with Crippen LogP contribution in [-0.2, 0) is 17.8 Å². The Labute approximate surface area is 81.7 Å². The van der Waals surface area contributed by atoms with Gasteiger partial charge in [0.2, 0.25) is 0 Å². The number of carboxylic acid groups (broad SMARTS) is 1. The predicted octanol–water partition coefficient (Wildman–Crippen LogP) is 0.368. The summed E-state index contributed by atoms with van der Waals surface area (Å²) in [5.74, 6) is -0.807. The first kappa shape index (κ1) is 9.02. The van der Waals surface area contributed by atoms with Crippen molar-refractivity contribution in [1.29, 1.82) is 0 Å². The van der Waals surface area contributed by atoms with Gasteiger partial charge >= 0.3 is 5.97 Å². The lowest BCUT2D eigenvalue weighted by Crippen LogP contribution is -2.41. The van der Waals surface area contributed by atoms with Gasteiger partial charge in [-0.3, -0.25) is 4.79 Å². The highest BCUT2D eigenvalue weighted by atomic mass is 16.4. The highest BCUT2D eigenvalue weighted by Gasteiger charge is 2.23. The Kier molecular flexibility index (Phi) is 2.13. The Balaban J connectivity index is 2.29. The molecule has 1 aliphatic heterocycles. The maximum atomic E-state index is 10.8. The van der Waals surface area contributed by atoms with E-state index in [1.54, 1.807) is 0 Å². The van der Waals surface area contributed by atoms with Crippen LogP contribution in [0.3, 0.4) is 0 Å². The summed E-state index contributed by atoms with van der Waals surface area (Å²) in [6.45, 7) is 0.604. The average Bonchev–Trinajstić information content (AvgIpc) is 2.16. The molecule has 2 rings (SSSR count). The zero-order valence-electron chi connectivity index (χ0n) is 7.66. The van der Waals surface area contributed by atoms with Crippen LogP contribution in [-0.4, -0.2) is 17.1 Å². The Morgan fingerprint density at radius 3 is 3.00 bits per heavy atom. The molecule has 1 aromatic carbocycles. The second kappa shape index (κ2) is 3.31. The summed E-state index contributed by atoms with van der Waals surface area (Å²) in [6, 6.07) is 5.15. The Bertz CT molecular complexity index is 376. The molecule has 1 aliphatic rings. The monoisotopic (exact) mass is 192 g/mol. The van der Waals surface area contributed by atoms with Crippen molar-refractivity contribution in [3.8, 4) is 0 Å². The largest absolute Gasteiger partial charge is 0.480 e. The van der Waals surface area contributed by atoms with Crippen LogP contribution in [0.4, 0.5) is 5.69 Å². The maximum Gasteiger partial charge on any atom is 0.321 e. The van der Waals surface area contributed by atoms with E-state index in [1.165, 1.54) is 0 Å². The van der Waals surface area contributed by atoms with E-state index in [-0.39, 0.29) is 0 Å². The van der Waals surface area contributed by atoms with E-state index in [0.29, 0.717) is 18.7 Å². The molecule has 0 spiro atoms. The summed E-state index contributed by atoms with van der Waals surface area (Å²) < 4.78 is 0. The number of hydrogen-bond donors (Lipinski definition) is 3. The molecule has 0 unspecified atom stereocenters. The fraction of sp³-hybridized carbons (Fsp3) is 0.300. The van der Waals surface area contributed by atoms with Gasteiger partial charge in [0.15, 0.2) is 0 Å². The van der Waals surface area contributed by atoms with E-state index in [2.05, 4.69) is 5.32 Å². The number of carboxylic acids is 1. The molecule has 0 aliphatic carbocycles. The molecule has 0 saturated carbocycles. The minimum Gasteiger partial charge on any atom is -0.480 e. The second-order valence-corrected chi connectivity index (χ2v) is 3.50. The third-order valence-electron chi connectivity index (χ3n) is 2.49. The number of benzene rings is 1. The zero-order chi connectivity index (χ0) is 10.1. The number of rotatable bonds is 1. The summed E-state index contributed by atoms with van der Waals surface area (Å²) in [4.78, 5) is 10.8. The van der Waals surface area contributed by atoms with Crippen molar-refractivity contribution in [1.82, 2.24) is 5.32 Å². The van der Waals surface area contributed by atoms with E-state index in [4.69, 9.17) is 10.8 Å². The molecule has 4 heteroatoms. The summed E-state index contributed by atoms with van der Waals surface area (Å²) in [5, 5.41) is 11.8. The molecule has 0 saturated heterocycles. The van der Waals surface area contributed by atoms with Crippen molar-refractivity contribution in [2.75, 3.05) is 5.73 Å². The summed E-state index contributed by atoms with van der Waals surface area (Å²) >= 11 is 0. The summed E-state index contributed by atoms with van der Waals surface area (Å²) in [7, 11) is 0. The quantitative estimate of drug-likeness (QED) is 0.562. The van der Waals surface area contributed by atoms with Gasteiger partial charge in [-0.2, -0.15) is 0 Å². The van der Waals surface area contributed by atoms with Crippen molar-refractivity contribution in [3.63, 3.8) is 0 Å². The van der Waals surface area contributed by atoms with Crippen LogP contribution < -0.4 is 11.1 Å². The van der Waals surface area contributed by atoms with Crippen LogP contribution in [0.1, 0.15) is 11.1 Å². The fourth-order valence-electron chi connectivity index (χ4n) is 1.71. The van der Waals surface area contributed by atoms with Crippen molar-refractivity contribution in [2.24, 2.45) is 0 Å². The van der Waals surface area contributed by atoms with E-state index < -0.39 is 12.0 Å². The van der Waals surface area contributed by atoms with Crippen LogP contribution in [0.25, 0.3) is 0 Å².